The molecule has 1 saturated carbocycles. The molecule has 2 rings (SSSR count). The molecule has 0 aromatic heterocycles. The van der Waals surface area contributed by atoms with E-state index >= 15 is 0 Å². The summed E-state index contributed by atoms with van der Waals surface area (Å²) in [4.78, 5) is 0. The smallest absolute Gasteiger partial charge is 0.0338 e. The van der Waals surface area contributed by atoms with Gasteiger partial charge in [0.05, 0.1) is 0 Å². The number of alkyl halides is 1. The first-order valence-electron chi connectivity index (χ1n) is 6.12. The highest BCUT2D eigenvalue weighted by atomic mass is 127. The third-order valence-electron chi connectivity index (χ3n) is 3.41. The van der Waals surface area contributed by atoms with Crippen molar-refractivity contribution in [2.45, 2.75) is 43.9 Å². The normalized spacial score (nSPS) is 26.4. The minimum Gasteiger partial charge on any atom is -0.123 e. The minimum atomic E-state index is 0.413. The van der Waals surface area contributed by atoms with Crippen molar-refractivity contribution >= 4 is 34.2 Å². The summed E-state index contributed by atoms with van der Waals surface area (Å²) >= 11 is 8.66. The molecule has 1 aromatic rings. The van der Waals surface area contributed by atoms with E-state index in [9.17, 15) is 0 Å². The Hall–Kier alpha value is 0.240. The Labute approximate surface area is 117 Å². The lowest BCUT2D eigenvalue weighted by Gasteiger charge is -2.16. The standard InChI is InChI=1S/C14H18ClI/c15-13-4-2-1-3-12(10-13)9-11-5-7-14(16)8-6-11/h5-8,12-13H,1-4,9-10H2. The maximum atomic E-state index is 6.31. The molecule has 2 unspecified atom stereocenters. The van der Waals surface area contributed by atoms with Gasteiger partial charge in [0.1, 0.15) is 0 Å². The van der Waals surface area contributed by atoms with Gasteiger partial charge in [-0.15, -0.1) is 11.6 Å². The van der Waals surface area contributed by atoms with Gasteiger partial charge in [-0.1, -0.05) is 31.4 Å². The number of halogens is 2. The molecule has 0 saturated heterocycles. The van der Waals surface area contributed by atoms with Gasteiger partial charge in [-0.2, -0.15) is 0 Å². The van der Waals surface area contributed by atoms with Crippen LogP contribution in [0.15, 0.2) is 24.3 Å². The zero-order valence-corrected chi connectivity index (χ0v) is 12.4. The molecular formula is C14H18ClI. The van der Waals surface area contributed by atoms with Gasteiger partial charge in [-0.3, -0.25) is 0 Å². The van der Waals surface area contributed by atoms with Crippen molar-refractivity contribution < 1.29 is 0 Å². The quantitative estimate of drug-likeness (QED) is 0.400. The lowest BCUT2D eigenvalue weighted by molar-refractivity contribution is 0.460. The van der Waals surface area contributed by atoms with Crippen molar-refractivity contribution in [1.29, 1.82) is 0 Å². The van der Waals surface area contributed by atoms with Crippen molar-refractivity contribution in [2.24, 2.45) is 5.92 Å². The highest BCUT2D eigenvalue weighted by Gasteiger charge is 2.18. The SMILES string of the molecule is ClC1CCCCC(Cc2ccc(I)cc2)C1. The average molecular weight is 349 g/mol. The molecule has 1 aromatic carbocycles. The minimum absolute atomic E-state index is 0.413. The van der Waals surface area contributed by atoms with Crippen LogP contribution in [0.1, 0.15) is 37.7 Å². The fourth-order valence-electron chi connectivity index (χ4n) is 2.54. The van der Waals surface area contributed by atoms with Gasteiger partial charge >= 0.3 is 0 Å². The third kappa shape index (κ3) is 3.92. The van der Waals surface area contributed by atoms with Crippen LogP contribution in [0.2, 0.25) is 0 Å². The molecule has 88 valence electrons. The fraction of sp³-hybridized carbons (Fsp3) is 0.571. The summed E-state index contributed by atoms with van der Waals surface area (Å²) in [6, 6.07) is 8.92. The zero-order chi connectivity index (χ0) is 11.4. The van der Waals surface area contributed by atoms with Gasteiger partial charge in [0.25, 0.3) is 0 Å². The molecule has 1 aliphatic rings. The Kier molecular flexibility index (Phi) is 4.96. The highest BCUT2D eigenvalue weighted by Crippen LogP contribution is 2.29. The van der Waals surface area contributed by atoms with Gasteiger partial charge in [0.2, 0.25) is 0 Å². The third-order valence-corrected chi connectivity index (χ3v) is 4.52. The molecule has 0 heterocycles. The second-order valence-corrected chi connectivity index (χ2v) is 6.68. The van der Waals surface area contributed by atoms with Crippen LogP contribution < -0.4 is 0 Å². The fourth-order valence-corrected chi connectivity index (χ4v) is 3.30. The van der Waals surface area contributed by atoms with E-state index in [2.05, 4.69) is 46.9 Å². The van der Waals surface area contributed by atoms with Crippen molar-refractivity contribution in [2.75, 3.05) is 0 Å². The maximum Gasteiger partial charge on any atom is 0.0338 e. The Morgan fingerprint density at radius 3 is 2.56 bits per heavy atom. The van der Waals surface area contributed by atoms with Gasteiger partial charge < -0.3 is 0 Å². The summed E-state index contributed by atoms with van der Waals surface area (Å²) in [5, 5.41) is 0.413. The molecule has 0 radical (unpaired) electrons. The van der Waals surface area contributed by atoms with Crippen LogP contribution in [0.4, 0.5) is 0 Å². The first-order valence-corrected chi connectivity index (χ1v) is 7.64. The predicted molar refractivity (Wildman–Crippen MR) is 79.1 cm³/mol. The monoisotopic (exact) mass is 348 g/mol. The van der Waals surface area contributed by atoms with Gasteiger partial charge in [0, 0.05) is 8.95 Å². The van der Waals surface area contributed by atoms with E-state index in [0.29, 0.717) is 5.38 Å². The Morgan fingerprint density at radius 2 is 1.81 bits per heavy atom. The number of benzene rings is 1. The van der Waals surface area contributed by atoms with E-state index < -0.39 is 0 Å². The molecule has 0 spiro atoms. The van der Waals surface area contributed by atoms with E-state index in [1.54, 1.807) is 0 Å². The molecule has 2 atom stereocenters. The second kappa shape index (κ2) is 6.25. The summed E-state index contributed by atoms with van der Waals surface area (Å²) in [5.74, 6) is 0.796. The van der Waals surface area contributed by atoms with E-state index in [1.807, 2.05) is 0 Å². The Morgan fingerprint density at radius 1 is 1.12 bits per heavy atom. The molecule has 2 heteroatoms. The van der Waals surface area contributed by atoms with Gasteiger partial charge in [0.15, 0.2) is 0 Å². The van der Waals surface area contributed by atoms with Crippen LogP contribution in [0.3, 0.4) is 0 Å². The van der Waals surface area contributed by atoms with Crippen LogP contribution >= 0.6 is 34.2 Å². The maximum absolute atomic E-state index is 6.31. The van der Waals surface area contributed by atoms with E-state index in [-0.39, 0.29) is 0 Å². The summed E-state index contributed by atoms with van der Waals surface area (Å²) in [7, 11) is 0. The first kappa shape index (κ1) is 12.7. The number of rotatable bonds is 2. The van der Waals surface area contributed by atoms with Crippen molar-refractivity contribution in [3.63, 3.8) is 0 Å². The number of hydrogen-bond acceptors (Lipinski definition) is 0. The number of hydrogen-bond donors (Lipinski definition) is 0. The van der Waals surface area contributed by atoms with Crippen LogP contribution in [0, 0.1) is 9.49 Å². The van der Waals surface area contributed by atoms with Crippen LogP contribution in [-0.2, 0) is 6.42 Å². The molecule has 0 nitrogen and oxygen atoms in total. The lowest BCUT2D eigenvalue weighted by atomic mass is 9.92. The van der Waals surface area contributed by atoms with E-state index in [0.717, 1.165) is 5.92 Å². The van der Waals surface area contributed by atoms with Gasteiger partial charge in [-0.05, 0) is 65.5 Å². The topological polar surface area (TPSA) is 0 Å². The molecule has 1 aliphatic carbocycles. The molecule has 0 aliphatic heterocycles. The van der Waals surface area contributed by atoms with E-state index in [1.165, 1.54) is 47.7 Å². The predicted octanol–water partition coefficient (Wildman–Crippen LogP) is 5.02. The van der Waals surface area contributed by atoms with Crippen molar-refractivity contribution in [1.82, 2.24) is 0 Å². The zero-order valence-electron chi connectivity index (χ0n) is 9.46. The summed E-state index contributed by atoms with van der Waals surface area (Å²) in [6.45, 7) is 0. The van der Waals surface area contributed by atoms with Crippen LogP contribution in [-0.4, -0.2) is 5.38 Å². The molecule has 1 fully saturated rings. The van der Waals surface area contributed by atoms with Crippen LogP contribution in [0.25, 0.3) is 0 Å². The Bertz CT molecular complexity index is 320. The summed E-state index contributed by atoms with van der Waals surface area (Å²) in [6.07, 6.45) is 7.66. The summed E-state index contributed by atoms with van der Waals surface area (Å²) < 4.78 is 1.32. The molecule has 0 N–H and O–H groups in total. The molecule has 16 heavy (non-hydrogen) atoms. The average Bonchev–Trinajstić information content (AvgIpc) is 2.46. The van der Waals surface area contributed by atoms with E-state index in [4.69, 9.17) is 11.6 Å². The Balaban J connectivity index is 1.95. The largest absolute Gasteiger partial charge is 0.123 e. The molecule has 0 amide bonds. The molecular weight excluding hydrogens is 331 g/mol. The lowest BCUT2D eigenvalue weighted by Crippen LogP contribution is -2.08. The van der Waals surface area contributed by atoms with Crippen molar-refractivity contribution in [3.05, 3.63) is 33.4 Å². The van der Waals surface area contributed by atoms with Gasteiger partial charge in [-0.25, -0.2) is 0 Å². The second-order valence-electron chi connectivity index (χ2n) is 4.81. The highest BCUT2D eigenvalue weighted by molar-refractivity contribution is 14.1. The van der Waals surface area contributed by atoms with Crippen LogP contribution in [0.5, 0.6) is 0 Å². The summed E-state index contributed by atoms with van der Waals surface area (Å²) in [5.41, 5.74) is 1.47. The first-order chi connectivity index (χ1) is 7.74. The van der Waals surface area contributed by atoms with Crippen molar-refractivity contribution in [3.8, 4) is 0 Å². The molecule has 0 bridgehead atoms.